The van der Waals surface area contributed by atoms with Crippen molar-refractivity contribution < 1.29 is 19.4 Å². The predicted octanol–water partition coefficient (Wildman–Crippen LogP) is 2.83. The highest BCUT2D eigenvalue weighted by Crippen LogP contribution is 2.24. The molecule has 2 rings (SSSR count). The molecule has 0 saturated carbocycles. The average molecular weight is 333 g/mol. The Bertz CT molecular complexity index is 736. The first-order chi connectivity index (χ1) is 11.0. The third-order valence-corrected chi connectivity index (χ3v) is 4.55. The number of amides is 1. The Morgan fingerprint density at radius 1 is 1.26 bits per heavy atom. The van der Waals surface area contributed by atoms with Crippen LogP contribution < -0.4 is 5.32 Å². The van der Waals surface area contributed by atoms with Crippen LogP contribution >= 0.6 is 11.3 Å². The van der Waals surface area contributed by atoms with E-state index in [9.17, 15) is 14.7 Å². The molecular formula is C17H19NO4S. The number of hydrogen-bond donors (Lipinski definition) is 2. The van der Waals surface area contributed by atoms with Gasteiger partial charge in [-0.1, -0.05) is 6.07 Å². The Hall–Kier alpha value is -2.18. The first-order valence-corrected chi connectivity index (χ1v) is 7.99. The molecule has 2 aromatic rings. The van der Waals surface area contributed by atoms with Crippen molar-refractivity contribution in [3.8, 4) is 0 Å². The molecule has 0 fully saturated rings. The van der Waals surface area contributed by atoms with Gasteiger partial charge in [-0.3, -0.25) is 9.59 Å². The number of rotatable bonds is 5. The molecule has 1 heterocycles. The van der Waals surface area contributed by atoms with Crippen molar-refractivity contribution in [3.05, 3.63) is 50.7 Å². The normalized spacial score (nSPS) is 10.4. The van der Waals surface area contributed by atoms with Crippen LogP contribution in [0.5, 0.6) is 0 Å². The summed E-state index contributed by atoms with van der Waals surface area (Å²) in [5, 5.41) is 14.0. The number of aryl methyl sites for hydroxylation is 2. The zero-order chi connectivity index (χ0) is 17.0. The molecule has 0 aliphatic heterocycles. The number of thiophene rings is 1. The molecule has 1 aromatic carbocycles. The zero-order valence-corrected chi connectivity index (χ0v) is 14.1. The minimum Gasteiger partial charge on any atom is -0.469 e. The number of hydrogen-bond acceptors (Lipinski definition) is 5. The lowest BCUT2D eigenvalue weighted by Gasteiger charge is -2.12. The summed E-state index contributed by atoms with van der Waals surface area (Å²) in [5.74, 6) is -0.656. The van der Waals surface area contributed by atoms with Crippen LogP contribution in [0.1, 0.15) is 31.9 Å². The van der Waals surface area contributed by atoms with Crippen molar-refractivity contribution in [2.24, 2.45) is 0 Å². The van der Waals surface area contributed by atoms with E-state index < -0.39 is 0 Å². The van der Waals surface area contributed by atoms with E-state index in [4.69, 9.17) is 0 Å². The second kappa shape index (κ2) is 7.39. The molecule has 0 saturated heterocycles. The molecule has 5 nitrogen and oxygen atoms in total. The molecular weight excluding hydrogens is 314 g/mol. The zero-order valence-electron chi connectivity index (χ0n) is 13.3. The summed E-state index contributed by atoms with van der Waals surface area (Å²) in [6, 6.07) is 5.38. The van der Waals surface area contributed by atoms with E-state index in [2.05, 4.69) is 10.1 Å². The molecule has 23 heavy (non-hydrogen) atoms. The minimum atomic E-state index is -0.379. The summed E-state index contributed by atoms with van der Waals surface area (Å²) in [4.78, 5) is 24.6. The molecule has 0 bridgehead atoms. The van der Waals surface area contributed by atoms with Crippen LogP contribution in [0.25, 0.3) is 0 Å². The van der Waals surface area contributed by atoms with E-state index >= 15 is 0 Å². The first-order valence-electron chi connectivity index (χ1n) is 7.11. The fourth-order valence-electron chi connectivity index (χ4n) is 2.27. The quantitative estimate of drug-likeness (QED) is 0.825. The lowest BCUT2D eigenvalue weighted by Crippen LogP contribution is -2.15. The second-order valence-corrected chi connectivity index (χ2v) is 6.22. The second-order valence-electron chi connectivity index (χ2n) is 5.22. The standard InChI is InChI=1S/C17H19NO4S/c1-10-6-11(2)14(7-12(10)9-19)18-17(21)13-4-5-23-15(13)8-16(20)22-3/h4-7,19H,8-9H2,1-3H3,(H,18,21). The van der Waals surface area contributed by atoms with E-state index in [1.54, 1.807) is 17.5 Å². The van der Waals surface area contributed by atoms with Gasteiger partial charge in [0, 0.05) is 10.6 Å². The van der Waals surface area contributed by atoms with E-state index in [1.165, 1.54) is 18.4 Å². The van der Waals surface area contributed by atoms with Crippen molar-refractivity contribution >= 4 is 28.9 Å². The van der Waals surface area contributed by atoms with Gasteiger partial charge in [-0.05, 0) is 48.1 Å². The van der Waals surface area contributed by atoms with Crippen molar-refractivity contribution in [1.82, 2.24) is 0 Å². The molecule has 0 unspecified atom stereocenters. The van der Waals surface area contributed by atoms with Gasteiger partial charge < -0.3 is 15.2 Å². The van der Waals surface area contributed by atoms with Crippen LogP contribution in [0.4, 0.5) is 5.69 Å². The molecule has 1 aromatic heterocycles. The number of carbonyl (C=O) groups is 2. The van der Waals surface area contributed by atoms with Crippen LogP contribution in [0, 0.1) is 13.8 Å². The Morgan fingerprint density at radius 2 is 2.00 bits per heavy atom. The van der Waals surface area contributed by atoms with Crippen molar-refractivity contribution in [2.45, 2.75) is 26.9 Å². The van der Waals surface area contributed by atoms with Gasteiger partial charge in [-0.15, -0.1) is 11.3 Å². The van der Waals surface area contributed by atoms with Crippen LogP contribution in [-0.2, 0) is 22.6 Å². The summed E-state index contributed by atoms with van der Waals surface area (Å²) >= 11 is 1.34. The molecule has 0 aliphatic rings. The largest absolute Gasteiger partial charge is 0.469 e. The Balaban J connectivity index is 2.23. The predicted molar refractivity (Wildman–Crippen MR) is 89.8 cm³/mol. The number of carbonyl (C=O) groups excluding carboxylic acids is 2. The Kier molecular flexibility index (Phi) is 5.52. The summed E-state index contributed by atoms with van der Waals surface area (Å²) < 4.78 is 4.65. The van der Waals surface area contributed by atoms with Gasteiger partial charge in [0.15, 0.2) is 0 Å². The maximum atomic E-state index is 12.5. The molecule has 0 radical (unpaired) electrons. The highest BCUT2D eigenvalue weighted by atomic mass is 32.1. The van der Waals surface area contributed by atoms with Crippen LogP contribution in [0.3, 0.4) is 0 Å². The van der Waals surface area contributed by atoms with Gasteiger partial charge in [0.25, 0.3) is 5.91 Å². The summed E-state index contributed by atoms with van der Waals surface area (Å²) in [5.41, 5.74) is 3.78. The van der Waals surface area contributed by atoms with Crippen LogP contribution in [0.15, 0.2) is 23.6 Å². The summed E-state index contributed by atoms with van der Waals surface area (Å²) in [7, 11) is 1.32. The fraction of sp³-hybridized carbons (Fsp3) is 0.294. The highest BCUT2D eigenvalue weighted by Gasteiger charge is 2.17. The van der Waals surface area contributed by atoms with Gasteiger partial charge in [-0.2, -0.15) is 0 Å². The number of methoxy groups -OCH3 is 1. The minimum absolute atomic E-state index is 0.0751. The van der Waals surface area contributed by atoms with E-state index in [0.29, 0.717) is 16.1 Å². The molecule has 2 N–H and O–H groups in total. The van der Waals surface area contributed by atoms with E-state index in [-0.39, 0.29) is 24.9 Å². The highest BCUT2D eigenvalue weighted by molar-refractivity contribution is 7.10. The third-order valence-electron chi connectivity index (χ3n) is 3.62. The van der Waals surface area contributed by atoms with Crippen molar-refractivity contribution in [2.75, 3.05) is 12.4 Å². The van der Waals surface area contributed by atoms with Gasteiger partial charge in [0.2, 0.25) is 0 Å². The molecule has 0 spiro atoms. The molecule has 1 amide bonds. The lowest BCUT2D eigenvalue weighted by molar-refractivity contribution is -0.139. The summed E-state index contributed by atoms with van der Waals surface area (Å²) in [6.45, 7) is 3.73. The van der Waals surface area contributed by atoms with Crippen molar-refractivity contribution in [1.29, 1.82) is 0 Å². The number of benzene rings is 1. The van der Waals surface area contributed by atoms with Crippen LogP contribution in [0.2, 0.25) is 0 Å². The lowest BCUT2D eigenvalue weighted by atomic mass is 10.0. The number of aliphatic hydroxyl groups excluding tert-OH is 1. The Morgan fingerprint density at radius 3 is 2.65 bits per heavy atom. The topological polar surface area (TPSA) is 75.6 Å². The fourth-order valence-corrected chi connectivity index (χ4v) is 3.13. The van der Waals surface area contributed by atoms with Crippen molar-refractivity contribution in [3.63, 3.8) is 0 Å². The SMILES string of the molecule is COC(=O)Cc1sccc1C(=O)Nc1cc(CO)c(C)cc1C. The third kappa shape index (κ3) is 3.97. The first kappa shape index (κ1) is 17.2. The number of ether oxygens (including phenoxy) is 1. The molecule has 0 aliphatic carbocycles. The molecule has 6 heteroatoms. The molecule has 122 valence electrons. The monoisotopic (exact) mass is 333 g/mol. The van der Waals surface area contributed by atoms with E-state index in [1.807, 2.05) is 19.9 Å². The maximum Gasteiger partial charge on any atom is 0.310 e. The maximum absolute atomic E-state index is 12.5. The van der Waals surface area contributed by atoms with Gasteiger partial charge in [-0.25, -0.2) is 0 Å². The summed E-state index contributed by atoms with van der Waals surface area (Å²) in [6.07, 6.45) is 0.0751. The number of anilines is 1. The number of nitrogens with one attached hydrogen (secondary N) is 1. The number of esters is 1. The van der Waals surface area contributed by atoms with Gasteiger partial charge in [0.05, 0.1) is 25.7 Å². The Labute approximate surface area is 138 Å². The van der Waals surface area contributed by atoms with E-state index in [0.717, 1.165) is 16.7 Å². The molecule has 0 atom stereocenters. The van der Waals surface area contributed by atoms with Gasteiger partial charge >= 0.3 is 5.97 Å². The average Bonchev–Trinajstić information content (AvgIpc) is 2.97. The number of aliphatic hydroxyl groups is 1. The smallest absolute Gasteiger partial charge is 0.310 e. The van der Waals surface area contributed by atoms with Gasteiger partial charge in [0.1, 0.15) is 0 Å². The van der Waals surface area contributed by atoms with Crippen LogP contribution in [-0.4, -0.2) is 24.1 Å².